The minimum atomic E-state index is 0.307. The zero-order chi connectivity index (χ0) is 14.4. The van der Waals surface area contributed by atoms with E-state index in [9.17, 15) is 0 Å². The monoisotopic (exact) mass is 278 g/mol. The average Bonchev–Trinajstić information content (AvgIpc) is 2.44. The minimum absolute atomic E-state index is 0.307. The van der Waals surface area contributed by atoms with Gasteiger partial charge in [-0.05, 0) is 31.2 Å². The van der Waals surface area contributed by atoms with Gasteiger partial charge in [-0.3, -0.25) is 0 Å². The first-order valence-electron chi connectivity index (χ1n) is 7.55. The number of hydrogen-bond acceptors (Lipinski definition) is 5. The second kappa shape index (κ2) is 6.88. The van der Waals surface area contributed by atoms with Crippen molar-refractivity contribution in [2.45, 2.75) is 46.1 Å². The summed E-state index contributed by atoms with van der Waals surface area (Å²) in [4.78, 5) is 8.62. The van der Waals surface area contributed by atoms with Crippen LogP contribution >= 0.6 is 0 Å². The summed E-state index contributed by atoms with van der Waals surface area (Å²) < 4.78 is 5.52. The number of nitrogens with one attached hydrogen (secondary N) is 2. The second-order valence-corrected chi connectivity index (χ2v) is 6.05. The fourth-order valence-electron chi connectivity index (χ4n) is 2.53. The Morgan fingerprint density at radius 2 is 2.35 bits per heavy atom. The van der Waals surface area contributed by atoms with E-state index in [2.05, 4.69) is 41.4 Å². The Hall–Kier alpha value is -1.36. The topological polar surface area (TPSA) is 59.1 Å². The highest BCUT2D eigenvalue weighted by molar-refractivity contribution is 5.28. The van der Waals surface area contributed by atoms with Crippen molar-refractivity contribution in [1.29, 1.82) is 0 Å². The van der Waals surface area contributed by atoms with E-state index in [0.29, 0.717) is 29.9 Å². The van der Waals surface area contributed by atoms with Crippen molar-refractivity contribution in [1.82, 2.24) is 15.3 Å². The molecule has 0 radical (unpaired) electrons. The molecular formula is C15H26N4O. The summed E-state index contributed by atoms with van der Waals surface area (Å²) in [6, 6.07) is 2.24. The molecule has 1 atom stereocenters. The molecule has 20 heavy (non-hydrogen) atoms. The minimum Gasteiger partial charge on any atom is -0.478 e. The number of ether oxygens (including phenoxy) is 1. The smallest absolute Gasteiger partial charge is 0.225 e. The average molecular weight is 278 g/mol. The Labute approximate surface area is 121 Å². The highest BCUT2D eigenvalue weighted by Crippen LogP contribution is 2.30. The maximum absolute atomic E-state index is 5.52. The summed E-state index contributed by atoms with van der Waals surface area (Å²) in [7, 11) is 0. The van der Waals surface area contributed by atoms with Gasteiger partial charge < -0.3 is 15.4 Å². The van der Waals surface area contributed by atoms with Gasteiger partial charge in [0.15, 0.2) is 0 Å². The van der Waals surface area contributed by atoms with E-state index < -0.39 is 0 Å². The summed E-state index contributed by atoms with van der Waals surface area (Å²) >= 11 is 0. The van der Waals surface area contributed by atoms with Gasteiger partial charge in [0, 0.05) is 24.8 Å². The first kappa shape index (κ1) is 15.0. The van der Waals surface area contributed by atoms with Gasteiger partial charge in [-0.1, -0.05) is 20.8 Å². The van der Waals surface area contributed by atoms with Crippen molar-refractivity contribution in [3.05, 3.63) is 12.3 Å². The number of anilines is 1. The van der Waals surface area contributed by atoms with Gasteiger partial charge in [0.2, 0.25) is 11.8 Å². The van der Waals surface area contributed by atoms with E-state index in [1.165, 1.54) is 12.8 Å². The van der Waals surface area contributed by atoms with E-state index in [1.807, 2.05) is 0 Å². The normalized spacial score (nSPS) is 21.4. The molecule has 1 saturated heterocycles. The second-order valence-electron chi connectivity index (χ2n) is 6.05. The first-order chi connectivity index (χ1) is 9.62. The van der Waals surface area contributed by atoms with Gasteiger partial charge in [0.25, 0.3) is 0 Å². The molecule has 0 amide bonds. The van der Waals surface area contributed by atoms with Crippen molar-refractivity contribution in [3.63, 3.8) is 0 Å². The third-order valence-electron chi connectivity index (χ3n) is 3.88. The number of aromatic nitrogens is 2. The molecule has 0 aliphatic carbocycles. The van der Waals surface area contributed by atoms with Crippen molar-refractivity contribution in [2.75, 3.05) is 25.0 Å². The lowest BCUT2D eigenvalue weighted by Crippen LogP contribution is -2.50. The van der Waals surface area contributed by atoms with Gasteiger partial charge in [-0.2, -0.15) is 4.98 Å². The molecule has 1 aromatic rings. The molecule has 5 heteroatoms. The molecule has 1 unspecified atom stereocenters. The van der Waals surface area contributed by atoms with Crippen LogP contribution in [-0.4, -0.2) is 35.7 Å². The number of rotatable bonds is 6. The molecule has 1 aliphatic rings. The molecule has 0 saturated carbocycles. The molecule has 2 rings (SSSR count). The maximum atomic E-state index is 5.52. The predicted octanol–water partition coefficient (Wildman–Crippen LogP) is 2.46. The van der Waals surface area contributed by atoms with Crippen molar-refractivity contribution < 1.29 is 4.74 Å². The van der Waals surface area contributed by atoms with E-state index in [-0.39, 0.29) is 0 Å². The van der Waals surface area contributed by atoms with Crippen LogP contribution in [0.3, 0.4) is 0 Å². The van der Waals surface area contributed by atoms with E-state index in [4.69, 9.17) is 4.74 Å². The highest BCUT2D eigenvalue weighted by atomic mass is 16.5. The van der Waals surface area contributed by atoms with Crippen molar-refractivity contribution >= 4 is 5.95 Å². The SMILES string of the molecule is CCCOc1ccnc(NCC2NCCCC2(C)C)n1. The van der Waals surface area contributed by atoms with Crippen LogP contribution in [-0.2, 0) is 0 Å². The van der Waals surface area contributed by atoms with Gasteiger partial charge in [0.05, 0.1) is 6.61 Å². The summed E-state index contributed by atoms with van der Waals surface area (Å²) in [6.45, 7) is 9.33. The fraction of sp³-hybridized carbons (Fsp3) is 0.733. The summed E-state index contributed by atoms with van der Waals surface area (Å²) in [5.74, 6) is 1.28. The van der Waals surface area contributed by atoms with E-state index >= 15 is 0 Å². The molecule has 0 bridgehead atoms. The summed E-state index contributed by atoms with van der Waals surface area (Å²) in [5, 5.41) is 6.90. The highest BCUT2D eigenvalue weighted by Gasteiger charge is 2.31. The number of piperidine rings is 1. The van der Waals surface area contributed by atoms with Crippen LogP contribution in [0, 0.1) is 5.41 Å². The zero-order valence-electron chi connectivity index (χ0n) is 12.8. The Bertz CT molecular complexity index is 422. The Balaban J connectivity index is 1.89. The predicted molar refractivity (Wildman–Crippen MR) is 81.1 cm³/mol. The lowest BCUT2D eigenvalue weighted by Gasteiger charge is -2.39. The summed E-state index contributed by atoms with van der Waals surface area (Å²) in [6.07, 6.45) is 5.22. The number of hydrogen-bond donors (Lipinski definition) is 2. The molecule has 1 aromatic heterocycles. The Morgan fingerprint density at radius 3 is 3.10 bits per heavy atom. The maximum Gasteiger partial charge on any atom is 0.225 e. The van der Waals surface area contributed by atoms with Crippen LogP contribution in [0.1, 0.15) is 40.0 Å². The third-order valence-corrected chi connectivity index (χ3v) is 3.88. The Kier molecular flexibility index (Phi) is 5.17. The molecule has 0 aromatic carbocycles. The first-order valence-corrected chi connectivity index (χ1v) is 7.55. The molecule has 2 heterocycles. The standard InChI is InChI=1S/C15H26N4O/c1-4-10-20-13-6-9-17-14(19-13)18-11-12-15(2,3)7-5-8-16-12/h6,9,12,16H,4-5,7-8,10-11H2,1-3H3,(H,17,18,19). The van der Waals surface area contributed by atoms with Crippen molar-refractivity contribution in [2.24, 2.45) is 5.41 Å². The lowest BCUT2D eigenvalue weighted by atomic mass is 9.77. The zero-order valence-corrected chi connectivity index (χ0v) is 12.8. The van der Waals surface area contributed by atoms with Crippen LogP contribution in [0.25, 0.3) is 0 Å². The van der Waals surface area contributed by atoms with Crippen molar-refractivity contribution in [3.8, 4) is 5.88 Å². The van der Waals surface area contributed by atoms with E-state index in [0.717, 1.165) is 19.5 Å². The van der Waals surface area contributed by atoms with Crippen LogP contribution in [0.2, 0.25) is 0 Å². The van der Waals surface area contributed by atoms with Gasteiger partial charge in [0.1, 0.15) is 0 Å². The molecule has 112 valence electrons. The molecule has 2 N–H and O–H groups in total. The number of nitrogens with zero attached hydrogens (tertiary/aromatic N) is 2. The van der Waals surface area contributed by atoms with Gasteiger partial charge in [-0.25, -0.2) is 4.98 Å². The third kappa shape index (κ3) is 4.07. The fourth-order valence-corrected chi connectivity index (χ4v) is 2.53. The molecule has 5 nitrogen and oxygen atoms in total. The molecule has 0 spiro atoms. The Morgan fingerprint density at radius 1 is 1.50 bits per heavy atom. The molecule has 1 aliphatic heterocycles. The quantitative estimate of drug-likeness (QED) is 0.837. The van der Waals surface area contributed by atoms with E-state index in [1.54, 1.807) is 12.3 Å². The molecular weight excluding hydrogens is 252 g/mol. The largest absolute Gasteiger partial charge is 0.478 e. The summed E-state index contributed by atoms with van der Waals surface area (Å²) in [5.41, 5.74) is 0.307. The van der Waals surface area contributed by atoms with Crippen LogP contribution in [0.4, 0.5) is 5.95 Å². The van der Waals surface area contributed by atoms with Crippen LogP contribution in [0.15, 0.2) is 12.3 Å². The molecule has 1 fully saturated rings. The van der Waals surface area contributed by atoms with Crippen LogP contribution in [0.5, 0.6) is 5.88 Å². The van der Waals surface area contributed by atoms with Crippen LogP contribution < -0.4 is 15.4 Å². The van der Waals surface area contributed by atoms with Gasteiger partial charge in [-0.15, -0.1) is 0 Å². The lowest BCUT2D eigenvalue weighted by molar-refractivity contribution is 0.188. The van der Waals surface area contributed by atoms with Gasteiger partial charge >= 0.3 is 0 Å².